The van der Waals surface area contributed by atoms with Crippen molar-refractivity contribution in [3.63, 3.8) is 0 Å². The summed E-state index contributed by atoms with van der Waals surface area (Å²) in [4.78, 5) is 13.1. The Balaban J connectivity index is 2.58. The largest absolute Gasteiger partial charge is 0.336 e. The fourth-order valence-electron chi connectivity index (χ4n) is 1.56. The lowest BCUT2D eigenvalue weighted by molar-refractivity contribution is 0.182. The molecule has 1 aliphatic heterocycles. The van der Waals surface area contributed by atoms with Crippen LogP contribution >= 0.6 is 0 Å². The summed E-state index contributed by atoms with van der Waals surface area (Å²) in [5.74, 6) is 0.429. The summed E-state index contributed by atoms with van der Waals surface area (Å²) < 4.78 is 0. The van der Waals surface area contributed by atoms with Gasteiger partial charge in [0.2, 0.25) is 0 Å². The molecule has 1 heterocycles. The van der Waals surface area contributed by atoms with E-state index in [9.17, 15) is 4.79 Å². The van der Waals surface area contributed by atoms with E-state index in [2.05, 4.69) is 19.2 Å². The maximum Gasteiger partial charge on any atom is 0.317 e. The van der Waals surface area contributed by atoms with Gasteiger partial charge in [-0.3, -0.25) is 0 Å². The Labute approximate surface area is 73.1 Å². The molecule has 0 aromatic rings. The van der Waals surface area contributed by atoms with Gasteiger partial charge in [-0.25, -0.2) is 4.79 Å². The molecule has 4 heteroatoms. The number of urea groups is 1. The molecule has 1 unspecified atom stereocenters. The second-order valence-electron chi connectivity index (χ2n) is 3.47. The Morgan fingerprint density at radius 2 is 2.33 bits per heavy atom. The number of nitrogens with two attached hydrogens (primary N) is 1. The number of carbonyl (C=O) groups excluding carboxylic acids is 1. The van der Waals surface area contributed by atoms with Crippen LogP contribution in [0.1, 0.15) is 13.8 Å². The summed E-state index contributed by atoms with van der Waals surface area (Å²) >= 11 is 0. The van der Waals surface area contributed by atoms with Crippen LogP contribution in [0.15, 0.2) is 0 Å². The monoisotopic (exact) mass is 171 g/mol. The number of rotatable bonds is 3. The first kappa shape index (κ1) is 9.32. The molecule has 2 amide bonds. The molecule has 0 aromatic heterocycles. The van der Waals surface area contributed by atoms with Crippen LogP contribution in [0.25, 0.3) is 0 Å². The highest BCUT2D eigenvalue weighted by molar-refractivity contribution is 5.76. The summed E-state index contributed by atoms with van der Waals surface area (Å²) in [5, 5.41) is 2.77. The lowest BCUT2D eigenvalue weighted by atomic mass is 10.0. The Bertz CT molecular complexity index is 170. The highest BCUT2D eigenvalue weighted by Gasteiger charge is 2.28. The van der Waals surface area contributed by atoms with E-state index in [4.69, 9.17) is 5.73 Å². The van der Waals surface area contributed by atoms with Crippen molar-refractivity contribution in [3.8, 4) is 0 Å². The second kappa shape index (κ2) is 3.76. The Morgan fingerprint density at radius 3 is 2.67 bits per heavy atom. The van der Waals surface area contributed by atoms with Crippen molar-refractivity contribution >= 4 is 6.03 Å². The fourth-order valence-corrected chi connectivity index (χ4v) is 1.56. The number of hydrogen-bond acceptors (Lipinski definition) is 2. The molecule has 1 rings (SSSR count). The van der Waals surface area contributed by atoms with Crippen molar-refractivity contribution in [2.24, 2.45) is 11.7 Å². The second-order valence-corrected chi connectivity index (χ2v) is 3.47. The normalized spacial score (nSPS) is 20.0. The smallest absolute Gasteiger partial charge is 0.317 e. The van der Waals surface area contributed by atoms with E-state index in [0.717, 1.165) is 13.1 Å². The zero-order valence-electron chi connectivity index (χ0n) is 7.71. The lowest BCUT2D eigenvalue weighted by Gasteiger charge is -2.28. The topological polar surface area (TPSA) is 58.4 Å². The SMILES string of the molecule is CC(C)C(CN)N1CCNC1=O. The summed E-state index contributed by atoms with van der Waals surface area (Å²) in [6.07, 6.45) is 0. The van der Waals surface area contributed by atoms with Gasteiger partial charge in [-0.05, 0) is 5.92 Å². The number of amides is 2. The molecule has 4 nitrogen and oxygen atoms in total. The van der Waals surface area contributed by atoms with Gasteiger partial charge in [0.25, 0.3) is 0 Å². The summed E-state index contributed by atoms with van der Waals surface area (Å²) in [7, 11) is 0. The molecular weight excluding hydrogens is 154 g/mol. The van der Waals surface area contributed by atoms with Gasteiger partial charge < -0.3 is 16.0 Å². The van der Waals surface area contributed by atoms with Gasteiger partial charge in [-0.1, -0.05) is 13.8 Å². The zero-order chi connectivity index (χ0) is 9.14. The first-order valence-electron chi connectivity index (χ1n) is 4.41. The van der Waals surface area contributed by atoms with Crippen LogP contribution in [-0.2, 0) is 0 Å². The third-order valence-electron chi connectivity index (χ3n) is 2.30. The van der Waals surface area contributed by atoms with E-state index >= 15 is 0 Å². The van der Waals surface area contributed by atoms with E-state index in [1.807, 2.05) is 4.90 Å². The first-order valence-corrected chi connectivity index (χ1v) is 4.41. The maximum absolute atomic E-state index is 11.2. The molecule has 0 saturated carbocycles. The summed E-state index contributed by atoms with van der Waals surface area (Å²) in [6.45, 7) is 6.26. The van der Waals surface area contributed by atoms with Crippen LogP contribution in [0.3, 0.4) is 0 Å². The third kappa shape index (κ3) is 1.69. The van der Waals surface area contributed by atoms with Crippen molar-refractivity contribution in [1.29, 1.82) is 0 Å². The van der Waals surface area contributed by atoms with Gasteiger partial charge in [0.15, 0.2) is 0 Å². The van der Waals surface area contributed by atoms with Crippen LogP contribution in [-0.4, -0.2) is 36.6 Å². The summed E-state index contributed by atoms with van der Waals surface area (Å²) in [5.41, 5.74) is 5.59. The molecule has 0 radical (unpaired) electrons. The number of nitrogens with one attached hydrogen (secondary N) is 1. The molecule has 70 valence electrons. The minimum absolute atomic E-state index is 0.0270. The minimum Gasteiger partial charge on any atom is -0.336 e. The van der Waals surface area contributed by atoms with E-state index < -0.39 is 0 Å². The number of nitrogens with zero attached hydrogens (tertiary/aromatic N) is 1. The molecule has 0 aromatic carbocycles. The standard InChI is InChI=1S/C8H17N3O/c1-6(2)7(5-9)11-4-3-10-8(11)12/h6-7H,3-5,9H2,1-2H3,(H,10,12). The minimum atomic E-state index is 0.0270. The predicted octanol–water partition coefficient (Wildman–Crippen LogP) is -0.00510. The summed E-state index contributed by atoms with van der Waals surface area (Å²) in [6, 6.07) is 0.214. The molecule has 0 spiro atoms. The van der Waals surface area contributed by atoms with E-state index in [1.54, 1.807) is 0 Å². The lowest BCUT2D eigenvalue weighted by Crippen LogP contribution is -2.45. The molecule has 0 bridgehead atoms. The van der Waals surface area contributed by atoms with Gasteiger partial charge in [-0.15, -0.1) is 0 Å². The van der Waals surface area contributed by atoms with Gasteiger partial charge in [0.05, 0.1) is 0 Å². The third-order valence-corrected chi connectivity index (χ3v) is 2.30. The van der Waals surface area contributed by atoms with Gasteiger partial charge in [-0.2, -0.15) is 0 Å². The molecule has 0 aliphatic carbocycles. The van der Waals surface area contributed by atoms with Crippen molar-refractivity contribution in [2.75, 3.05) is 19.6 Å². The Morgan fingerprint density at radius 1 is 1.67 bits per heavy atom. The van der Waals surface area contributed by atoms with Gasteiger partial charge >= 0.3 is 6.03 Å². The maximum atomic E-state index is 11.2. The average Bonchev–Trinajstić information content (AvgIpc) is 2.38. The average molecular weight is 171 g/mol. The van der Waals surface area contributed by atoms with E-state index in [0.29, 0.717) is 12.5 Å². The van der Waals surface area contributed by atoms with Crippen molar-refractivity contribution in [2.45, 2.75) is 19.9 Å². The van der Waals surface area contributed by atoms with Crippen molar-refractivity contribution < 1.29 is 4.79 Å². The highest BCUT2D eigenvalue weighted by atomic mass is 16.2. The zero-order valence-corrected chi connectivity index (χ0v) is 7.71. The molecule has 1 fully saturated rings. The Kier molecular flexibility index (Phi) is 2.92. The quantitative estimate of drug-likeness (QED) is 0.627. The number of carbonyl (C=O) groups is 1. The molecule has 3 N–H and O–H groups in total. The van der Waals surface area contributed by atoms with Crippen molar-refractivity contribution in [1.82, 2.24) is 10.2 Å². The fraction of sp³-hybridized carbons (Fsp3) is 0.875. The van der Waals surface area contributed by atoms with E-state index in [1.165, 1.54) is 0 Å². The van der Waals surface area contributed by atoms with Crippen LogP contribution < -0.4 is 11.1 Å². The predicted molar refractivity (Wildman–Crippen MR) is 47.8 cm³/mol. The highest BCUT2D eigenvalue weighted by Crippen LogP contribution is 2.11. The van der Waals surface area contributed by atoms with Crippen LogP contribution in [0.5, 0.6) is 0 Å². The van der Waals surface area contributed by atoms with Gasteiger partial charge in [0, 0.05) is 25.7 Å². The van der Waals surface area contributed by atoms with Crippen LogP contribution in [0.2, 0.25) is 0 Å². The Hall–Kier alpha value is -0.770. The molecule has 1 aliphatic rings. The van der Waals surface area contributed by atoms with Crippen LogP contribution in [0, 0.1) is 5.92 Å². The molecule has 1 saturated heterocycles. The van der Waals surface area contributed by atoms with Crippen LogP contribution in [0.4, 0.5) is 4.79 Å². The number of hydrogen-bond donors (Lipinski definition) is 2. The molecular formula is C8H17N3O. The van der Waals surface area contributed by atoms with Crippen molar-refractivity contribution in [3.05, 3.63) is 0 Å². The molecule has 1 atom stereocenters. The van der Waals surface area contributed by atoms with E-state index in [-0.39, 0.29) is 12.1 Å². The first-order chi connectivity index (χ1) is 5.66. The molecule has 12 heavy (non-hydrogen) atoms. The van der Waals surface area contributed by atoms with Gasteiger partial charge in [0.1, 0.15) is 0 Å².